The summed E-state index contributed by atoms with van der Waals surface area (Å²) in [5.41, 5.74) is 2.96. The lowest BCUT2D eigenvalue weighted by Crippen LogP contribution is -2.45. The Morgan fingerprint density at radius 1 is 1.07 bits per heavy atom. The Balaban J connectivity index is 1.17. The van der Waals surface area contributed by atoms with E-state index in [0.717, 1.165) is 66.8 Å². The van der Waals surface area contributed by atoms with Gasteiger partial charge in [-0.15, -0.1) is 0 Å². The summed E-state index contributed by atoms with van der Waals surface area (Å²) in [5, 5.41) is 3.56. The summed E-state index contributed by atoms with van der Waals surface area (Å²) in [4.78, 5) is 31.5. The van der Waals surface area contributed by atoms with Crippen molar-refractivity contribution in [3.63, 3.8) is 0 Å². The fourth-order valence-electron chi connectivity index (χ4n) is 6.09. The number of benzene rings is 1. The van der Waals surface area contributed by atoms with Gasteiger partial charge in [-0.05, 0) is 61.9 Å². The van der Waals surface area contributed by atoms with Gasteiger partial charge in [-0.2, -0.15) is 13.2 Å². The van der Waals surface area contributed by atoms with E-state index in [1.54, 1.807) is 29.4 Å². The van der Waals surface area contributed by atoms with Gasteiger partial charge in [0.25, 0.3) is 0 Å². The molecule has 0 radical (unpaired) electrons. The monoisotopic (exact) mass is 607 g/mol. The van der Waals surface area contributed by atoms with Crippen LogP contribution < -0.4 is 10.1 Å². The van der Waals surface area contributed by atoms with E-state index in [2.05, 4.69) is 32.1 Å². The zero-order valence-electron chi connectivity index (χ0n) is 25.0. The Morgan fingerprint density at radius 2 is 1.84 bits per heavy atom. The molecule has 2 aliphatic heterocycles. The van der Waals surface area contributed by atoms with Crippen molar-refractivity contribution >= 4 is 22.8 Å². The van der Waals surface area contributed by atoms with Gasteiger partial charge in [0.2, 0.25) is 0 Å². The van der Waals surface area contributed by atoms with Crippen molar-refractivity contribution in [1.82, 2.24) is 29.7 Å². The zero-order chi connectivity index (χ0) is 31.0. The predicted molar refractivity (Wildman–Crippen MR) is 162 cm³/mol. The maximum absolute atomic E-state index is 14.1. The highest BCUT2D eigenvalue weighted by Crippen LogP contribution is 2.37. The number of nitrogens with one attached hydrogen (secondary N) is 2. The number of carbonyl (C=O) groups excluding carboxylic acids is 1. The van der Waals surface area contributed by atoms with Crippen LogP contribution in [0.1, 0.15) is 48.0 Å². The van der Waals surface area contributed by atoms with E-state index in [9.17, 15) is 18.0 Å². The van der Waals surface area contributed by atoms with Crippen molar-refractivity contribution in [3.8, 4) is 11.5 Å². The van der Waals surface area contributed by atoms with Gasteiger partial charge in [0.1, 0.15) is 17.1 Å². The van der Waals surface area contributed by atoms with Crippen LogP contribution in [0.25, 0.3) is 11.0 Å². The molecule has 0 aliphatic carbocycles. The Morgan fingerprint density at radius 3 is 2.59 bits per heavy atom. The summed E-state index contributed by atoms with van der Waals surface area (Å²) in [5.74, 6) is 1.15. The molecule has 0 saturated carbocycles. The molecule has 1 fully saturated rings. The van der Waals surface area contributed by atoms with Gasteiger partial charge in [0.05, 0.1) is 23.2 Å². The number of hydrogen-bond donors (Lipinski definition) is 2. The first-order chi connectivity index (χ1) is 21.1. The quantitative estimate of drug-likeness (QED) is 0.265. The largest absolute Gasteiger partial charge is 0.455 e. The van der Waals surface area contributed by atoms with Crippen LogP contribution in [0, 0.1) is 6.92 Å². The number of nitrogens with zero attached hydrogens (tertiary/aromatic N) is 5. The maximum atomic E-state index is 14.1. The third kappa shape index (κ3) is 6.22. The summed E-state index contributed by atoms with van der Waals surface area (Å²) < 4.78 is 48.6. The summed E-state index contributed by atoms with van der Waals surface area (Å²) in [6.45, 7) is 10.6. The van der Waals surface area contributed by atoms with Crippen molar-refractivity contribution in [2.75, 3.05) is 44.6 Å². The Kier molecular flexibility index (Phi) is 8.21. The van der Waals surface area contributed by atoms with Crippen molar-refractivity contribution in [2.45, 2.75) is 46.0 Å². The first-order valence-electron chi connectivity index (χ1n) is 14.9. The normalized spacial score (nSPS) is 18.0. The fraction of sp³-hybridized carbons (Fsp3) is 0.406. The van der Waals surface area contributed by atoms with Gasteiger partial charge < -0.3 is 24.8 Å². The number of ether oxygens (including phenoxy) is 1. The lowest BCUT2D eigenvalue weighted by atomic mass is 9.98. The molecule has 12 heteroatoms. The number of hydrogen-bond acceptors (Lipinski definition) is 6. The van der Waals surface area contributed by atoms with Gasteiger partial charge in [0, 0.05) is 69.0 Å². The van der Waals surface area contributed by atoms with Crippen LogP contribution in [-0.4, -0.2) is 75.0 Å². The Bertz CT molecular complexity index is 1660. The van der Waals surface area contributed by atoms with E-state index in [1.165, 1.54) is 6.07 Å². The molecule has 4 aromatic rings. The summed E-state index contributed by atoms with van der Waals surface area (Å²) in [6, 6.07) is 8.86. The molecular weight excluding hydrogens is 571 g/mol. The van der Waals surface area contributed by atoms with Crippen molar-refractivity contribution in [2.24, 2.45) is 0 Å². The lowest BCUT2D eigenvalue weighted by Gasteiger charge is -2.35. The summed E-state index contributed by atoms with van der Waals surface area (Å²) in [7, 11) is 0. The molecule has 44 heavy (non-hydrogen) atoms. The molecule has 232 valence electrons. The number of aryl methyl sites for hydroxylation is 1. The molecule has 3 aromatic heterocycles. The molecule has 9 nitrogen and oxygen atoms in total. The Labute approximate surface area is 254 Å². The SMILES string of the molecule is CCN1CCN(Cc2ccc(NC(=O)N3CCc4ncc(Oc5ccnc6[nH]c(C)cc56)cc4C3C)cc2C(F)(F)F)CC1. The number of anilines is 1. The molecule has 2 amide bonds. The molecule has 1 saturated heterocycles. The number of halogens is 3. The molecule has 2 aliphatic rings. The number of alkyl halides is 3. The first-order valence-corrected chi connectivity index (χ1v) is 14.9. The molecule has 6 rings (SSSR count). The number of H-pyrrole nitrogens is 1. The van der Waals surface area contributed by atoms with Gasteiger partial charge >= 0.3 is 12.2 Å². The van der Waals surface area contributed by atoms with Gasteiger partial charge in [-0.25, -0.2) is 9.78 Å². The second kappa shape index (κ2) is 12.1. The topological polar surface area (TPSA) is 89.6 Å². The highest BCUT2D eigenvalue weighted by Gasteiger charge is 2.35. The van der Waals surface area contributed by atoms with Crippen LogP contribution in [0.15, 0.2) is 48.8 Å². The molecule has 1 unspecified atom stereocenters. The molecule has 5 heterocycles. The average Bonchev–Trinajstić information content (AvgIpc) is 3.39. The summed E-state index contributed by atoms with van der Waals surface area (Å²) in [6.07, 6.45) is -0.697. The van der Waals surface area contributed by atoms with Crippen LogP contribution in [0.2, 0.25) is 0 Å². The van der Waals surface area contributed by atoms with E-state index in [-0.39, 0.29) is 23.8 Å². The number of pyridine rings is 2. The van der Waals surface area contributed by atoms with Crippen LogP contribution in [0.5, 0.6) is 11.5 Å². The smallest absolute Gasteiger partial charge is 0.416 e. The van der Waals surface area contributed by atoms with Crippen LogP contribution >= 0.6 is 0 Å². The number of likely N-dealkylation sites (N-methyl/N-ethyl adjacent to an activating group) is 1. The second-order valence-electron chi connectivity index (χ2n) is 11.5. The number of rotatable bonds is 6. The minimum atomic E-state index is -4.54. The number of aromatic amines is 1. The summed E-state index contributed by atoms with van der Waals surface area (Å²) >= 11 is 0. The molecule has 0 bridgehead atoms. The van der Waals surface area contributed by atoms with Crippen LogP contribution in [0.3, 0.4) is 0 Å². The standard InChI is InChI=1S/C32H36F3N7O2/c1-4-40-11-13-41(14-12-40)19-22-5-6-23(16-27(22)32(33,34)35)39-31(43)42-10-8-28-25(21(42)3)17-24(18-37-28)44-29-7-9-36-30-26(29)15-20(2)38-30/h5-7,9,15-18,21H,4,8,10-14,19H2,1-3H3,(H,36,38)(H,39,43). The third-order valence-corrected chi connectivity index (χ3v) is 8.57. The third-order valence-electron chi connectivity index (χ3n) is 8.57. The molecule has 0 spiro atoms. The zero-order valence-corrected chi connectivity index (χ0v) is 25.0. The average molecular weight is 608 g/mol. The van der Waals surface area contributed by atoms with E-state index in [1.807, 2.05) is 30.9 Å². The van der Waals surface area contributed by atoms with E-state index in [0.29, 0.717) is 24.5 Å². The van der Waals surface area contributed by atoms with E-state index in [4.69, 9.17) is 4.74 Å². The van der Waals surface area contributed by atoms with Gasteiger partial charge in [0.15, 0.2) is 0 Å². The van der Waals surface area contributed by atoms with Gasteiger partial charge in [-0.3, -0.25) is 9.88 Å². The minimum Gasteiger partial charge on any atom is -0.455 e. The molecule has 2 N–H and O–H groups in total. The number of piperazine rings is 1. The maximum Gasteiger partial charge on any atom is 0.416 e. The van der Waals surface area contributed by atoms with Crippen molar-refractivity contribution in [3.05, 3.63) is 76.9 Å². The van der Waals surface area contributed by atoms with Gasteiger partial charge in [-0.1, -0.05) is 13.0 Å². The number of fused-ring (bicyclic) bond motifs is 2. The number of carbonyl (C=O) groups is 1. The highest BCUT2D eigenvalue weighted by atomic mass is 19.4. The van der Waals surface area contributed by atoms with E-state index < -0.39 is 17.8 Å². The predicted octanol–water partition coefficient (Wildman–Crippen LogP) is 6.37. The lowest BCUT2D eigenvalue weighted by molar-refractivity contribution is -0.138. The molecule has 1 atom stereocenters. The number of urea groups is 1. The highest BCUT2D eigenvalue weighted by molar-refractivity contribution is 5.90. The number of amides is 2. The Hall–Kier alpha value is -4.16. The van der Waals surface area contributed by atoms with E-state index >= 15 is 0 Å². The number of aromatic nitrogens is 3. The first kappa shape index (κ1) is 29.9. The molecular formula is C32H36F3N7O2. The van der Waals surface area contributed by atoms with Crippen molar-refractivity contribution < 1.29 is 22.7 Å². The van der Waals surface area contributed by atoms with Crippen LogP contribution in [-0.2, 0) is 19.1 Å². The molecule has 1 aromatic carbocycles. The second-order valence-corrected chi connectivity index (χ2v) is 11.5. The van der Waals surface area contributed by atoms with Crippen LogP contribution in [0.4, 0.5) is 23.7 Å². The van der Waals surface area contributed by atoms with Crippen molar-refractivity contribution in [1.29, 1.82) is 0 Å². The fourth-order valence-corrected chi connectivity index (χ4v) is 6.09. The minimum absolute atomic E-state index is 0.110.